The van der Waals surface area contributed by atoms with Crippen LogP contribution in [-0.4, -0.2) is 18.0 Å². The zero-order chi connectivity index (χ0) is 6.69. The lowest BCUT2D eigenvalue weighted by atomic mass is 10.0. The number of rotatable bonds is 1. The molecular formula is C7H14ClN. The van der Waals surface area contributed by atoms with Gasteiger partial charge in [-0.25, -0.2) is 0 Å². The van der Waals surface area contributed by atoms with Gasteiger partial charge in [-0.15, -0.1) is 11.6 Å². The molecular weight excluding hydrogens is 134 g/mol. The Labute approximate surface area is 61.8 Å². The van der Waals surface area contributed by atoms with Gasteiger partial charge in [-0.1, -0.05) is 6.42 Å². The molecule has 1 aliphatic heterocycles. The molecule has 0 spiro atoms. The summed E-state index contributed by atoms with van der Waals surface area (Å²) < 4.78 is 0. The second-order valence-corrected chi connectivity index (χ2v) is 3.42. The summed E-state index contributed by atoms with van der Waals surface area (Å²) in [7, 11) is 0. The Hall–Kier alpha value is 0.250. The molecule has 0 radical (unpaired) electrons. The van der Waals surface area contributed by atoms with Gasteiger partial charge in [-0.3, -0.25) is 0 Å². The van der Waals surface area contributed by atoms with Gasteiger partial charge in [0.15, 0.2) is 0 Å². The van der Waals surface area contributed by atoms with Crippen LogP contribution < -0.4 is 5.32 Å². The van der Waals surface area contributed by atoms with Gasteiger partial charge < -0.3 is 5.32 Å². The van der Waals surface area contributed by atoms with Crippen LogP contribution in [0.1, 0.15) is 26.2 Å². The SMILES string of the molecule is CC(Cl)[C@@H]1CCCCN1. The van der Waals surface area contributed by atoms with Crippen LogP contribution in [0.15, 0.2) is 0 Å². The maximum atomic E-state index is 5.89. The first-order chi connectivity index (χ1) is 4.30. The van der Waals surface area contributed by atoms with E-state index in [1.54, 1.807) is 0 Å². The van der Waals surface area contributed by atoms with E-state index in [4.69, 9.17) is 11.6 Å². The Balaban J connectivity index is 2.23. The molecule has 0 bridgehead atoms. The van der Waals surface area contributed by atoms with Gasteiger partial charge in [-0.05, 0) is 26.3 Å². The maximum absolute atomic E-state index is 5.89. The molecule has 2 heteroatoms. The lowest BCUT2D eigenvalue weighted by Gasteiger charge is -2.25. The number of halogens is 1. The zero-order valence-electron chi connectivity index (χ0n) is 5.86. The highest BCUT2D eigenvalue weighted by Crippen LogP contribution is 2.13. The maximum Gasteiger partial charge on any atom is 0.0461 e. The molecule has 1 aliphatic rings. The van der Waals surface area contributed by atoms with E-state index in [2.05, 4.69) is 12.2 Å². The smallest absolute Gasteiger partial charge is 0.0461 e. The Kier molecular flexibility index (Phi) is 2.80. The van der Waals surface area contributed by atoms with Crippen molar-refractivity contribution in [2.45, 2.75) is 37.6 Å². The van der Waals surface area contributed by atoms with Crippen LogP contribution in [0.2, 0.25) is 0 Å². The quantitative estimate of drug-likeness (QED) is 0.558. The molecule has 1 rings (SSSR count). The van der Waals surface area contributed by atoms with Crippen molar-refractivity contribution in [1.29, 1.82) is 0 Å². The normalized spacial score (nSPS) is 32.0. The summed E-state index contributed by atoms with van der Waals surface area (Å²) in [6.45, 7) is 3.21. The highest BCUT2D eigenvalue weighted by atomic mass is 35.5. The molecule has 0 amide bonds. The minimum absolute atomic E-state index is 0.297. The first-order valence-electron chi connectivity index (χ1n) is 3.68. The summed E-state index contributed by atoms with van der Waals surface area (Å²) in [5, 5.41) is 3.68. The molecule has 9 heavy (non-hydrogen) atoms. The second-order valence-electron chi connectivity index (χ2n) is 2.73. The van der Waals surface area contributed by atoms with Gasteiger partial charge in [0, 0.05) is 11.4 Å². The van der Waals surface area contributed by atoms with E-state index in [0.29, 0.717) is 11.4 Å². The molecule has 0 aromatic carbocycles. The predicted octanol–water partition coefficient (Wildman–Crippen LogP) is 1.76. The molecule has 1 nitrogen and oxygen atoms in total. The lowest BCUT2D eigenvalue weighted by Crippen LogP contribution is -2.39. The van der Waals surface area contributed by atoms with E-state index in [0.717, 1.165) is 6.54 Å². The lowest BCUT2D eigenvalue weighted by molar-refractivity contribution is 0.396. The van der Waals surface area contributed by atoms with Crippen LogP contribution in [0.25, 0.3) is 0 Å². The van der Waals surface area contributed by atoms with Crippen molar-refractivity contribution < 1.29 is 0 Å². The molecule has 1 N–H and O–H groups in total. The molecule has 54 valence electrons. The molecule has 1 fully saturated rings. The van der Waals surface area contributed by atoms with E-state index < -0.39 is 0 Å². The molecule has 1 unspecified atom stereocenters. The first-order valence-corrected chi connectivity index (χ1v) is 4.12. The first kappa shape index (κ1) is 7.36. The van der Waals surface area contributed by atoms with Crippen molar-refractivity contribution in [2.24, 2.45) is 0 Å². The molecule has 1 saturated heterocycles. The van der Waals surface area contributed by atoms with Crippen molar-refractivity contribution in [1.82, 2.24) is 5.32 Å². The minimum atomic E-state index is 0.297. The van der Waals surface area contributed by atoms with Crippen LogP contribution in [0.3, 0.4) is 0 Å². The Morgan fingerprint density at radius 1 is 1.56 bits per heavy atom. The van der Waals surface area contributed by atoms with E-state index >= 15 is 0 Å². The van der Waals surface area contributed by atoms with Gasteiger partial charge in [-0.2, -0.15) is 0 Å². The van der Waals surface area contributed by atoms with Gasteiger partial charge in [0.2, 0.25) is 0 Å². The highest BCUT2D eigenvalue weighted by molar-refractivity contribution is 6.20. The van der Waals surface area contributed by atoms with E-state index in [9.17, 15) is 0 Å². The number of piperidine rings is 1. The summed E-state index contributed by atoms with van der Waals surface area (Å²) >= 11 is 5.89. The van der Waals surface area contributed by atoms with Crippen molar-refractivity contribution >= 4 is 11.6 Å². The predicted molar refractivity (Wildman–Crippen MR) is 41.0 cm³/mol. The molecule has 0 aromatic heterocycles. The van der Waals surface area contributed by atoms with Gasteiger partial charge in [0.1, 0.15) is 0 Å². The number of hydrogen-bond acceptors (Lipinski definition) is 1. The molecule has 0 aromatic rings. The fraction of sp³-hybridized carbons (Fsp3) is 1.00. The fourth-order valence-corrected chi connectivity index (χ4v) is 1.49. The van der Waals surface area contributed by atoms with E-state index in [-0.39, 0.29) is 0 Å². The summed E-state index contributed by atoms with van der Waals surface area (Å²) in [5.41, 5.74) is 0. The van der Waals surface area contributed by atoms with Crippen molar-refractivity contribution in [2.75, 3.05) is 6.54 Å². The number of hydrogen-bond donors (Lipinski definition) is 1. The Morgan fingerprint density at radius 3 is 2.67 bits per heavy atom. The monoisotopic (exact) mass is 147 g/mol. The topological polar surface area (TPSA) is 12.0 Å². The molecule has 2 atom stereocenters. The summed E-state index contributed by atoms with van der Waals surface area (Å²) in [5.74, 6) is 0. The third-order valence-electron chi connectivity index (χ3n) is 1.90. The molecule has 0 saturated carbocycles. The van der Waals surface area contributed by atoms with Crippen molar-refractivity contribution in [3.63, 3.8) is 0 Å². The van der Waals surface area contributed by atoms with E-state index in [1.165, 1.54) is 19.3 Å². The van der Waals surface area contributed by atoms with Crippen LogP contribution in [0.5, 0.6) is 0 Å². The fourth-order valence-electron chi connectivity index (χ4n) is 1.27. The van der Waals surface area contributed by atoms with Crippen molar-refractivity contribution in [3.8, 4) is 0 Å². The van der Waals surface area contributed by atoms with Gasteiger partial charge in [0.25, 0.3) is 0 Å². The Bertz CT molecular complexity index is 77.0. The van der Waals surface area contributed by atoms with Crippen LogP contribution >= 0.6 is 11.6 Å². The average molecular weight is 148 g/mol. The molecule has 1 heterocycles. The Morgan fingerprint density at radius 2 is 2.33 bits per heavy atom. The van der Waals surface area contributed by atoms with Crippen LogP contribution in [-0.2, 0) is 0 Å². The summed E-state index contributed by atoms with van der Waals surface area (Å²) in [6.07, 6.45) is 3.92. The minimum Gasteiger partial charge on any atom is -0.313 e. The summed E-state index contributed by atoms with van der Waals surface area (Å²) in [4.78, 5) is 0. The van der Waals surface area contributed by atoms with E-state index in [1.807, 2.05) is 0 Å². The third kappa shape index (κ3) is 2.15. The third-order valence-corrected chi connectivity index (χ3v) is 2.21. The number of nitrogens with one attached hydrogen (secondary N) is 1. The molecule has 0 aliphatic carbocycles. The van der Waals surface area contributed by atoms with Gasteiger partial charge >= 0.3 is 0 Å². The van der Waals surface area contributed by atoms with Gasteiger partial charge in [0.05, 0.1) is 0 Å². The highest BCUT2D eigenvalue weighted by Gasteiger charge is 2.16. The van der Waals surface area contributed by atoms with Crippen LogP contribution in [0, 0.1) is 0 Å². The van der Waals surface area contributed by atoms with Crippen molar-refractivity contribution in [3.05, 3.63) is 0 Å². The average Bonchev–Trinajstić information content (AvgIpc) is 1.90. The standard InChI is InChI=1S/C7H14ClN/c1-6(8)7-4-2-3-5-9-7/h6-7,9H,2-5H2,1H3/t6?,7-/m0/s1. The second kappa shape index (κ2) is 3.43. The number of alkyl halides is 1. The summed E-state index contributed by atoms with van der Waals surface area (Å²) in [6, 6.07) is 0.570. The largest absolute Gasteiger partial charge is 0.313 e. The zero-order valence-corrected chi connectivity index (χ0v) is 6.62. The van der Waals surface area contributed by atoms with Crippen LogP contribution in [0.4, 0.5) is 0 Å².